The molecule has 2 aromatic heterocycles. The van der Waals surface area contributed by atoms with Crippen LogP contribution in [0.4, 0.5) is 4.39 Å². The van der Waals surface area contributed by atoms with Gasteiger partial charge in [0.25, 0.3) is 0 Å². The summed E-state index contributed by atoms with van der Waals surface area (Å²) in [6, 6.07) is 16.7. The van der Waals surface area contributed by atoms with E-state index in [0.717, 1.165) is 22.9 Å². The van der Waals surface area contributed by atoms with Gasteiger partial charge in [-0.15, -0.1) is 0 Å². The molecule has 0 saturated heterocycles. The predicted molar refractivity (Wildman–Crippen MR) is 133 cm³/mol. The number of carboxylic acid groups (broad SMARTS) is 1. The number of primary amides is 1. The van der Waals surface area contributed by atoms with Crippen molar-refractivity contribution < 1.29 is 19.1 Å². The average Bonchev–Trinajstić information content (AvgIpc) is 3.24. The van der Waals surface area contributed by atoms with E-state index in [2.05, 4.69) is 25.8 Å². The second kappa shape index (κ2) is 8.65. The molecule has 1 unspecified atom stereocenters. The first-order valence-electron chi connectivity index (χ1n) is 11.3. The minimum absolute atomic E-state index is 0.00295. The highest BCUT2D eigenvalue weighted by Crippen LogP contribution is 2.36. The number of amides is 1. The number of pyridine rings is 1. The first kappa shape index (κ1) is 24.1. The molecule has 35 heavy (non-hydrogen) atoms. The molecule has 1 amide bonds. The van der Waals surface area contributed by atoms with Gasteiger partial charge in [-0.25, -0.2) is 14.2 Å². The second-order valence-electron chi connectivity index (χ2n) is 9.92. The van der Waals surface area contributed by atoms with Crippen molar-refractivity contribution >= 4 is 22.8 Å². The summed E-state index contributed by atoms with van der Waals surface area (Å²) in [6.45, 7) is 8.27. The third-order valence-corrected chi connectivity index (χ3v) is 6.51. The van der Waals surface area contributed by atoms with E-state index in [1.165, 1.54) is 16.8 Å². The number of aryl methyl sites for hydroxylation is 1. The van der Waals surface area contributed by atoms with Gasteiger partial charge in [0.2, 0.25) is 5.91 Å². The van der Waals surface area contributed by atoms with Crippen LogP contribution in [0.25, 0.3) is 10.9 Å². The Morgan fingerprint density at radius 3 is 2.14 bits per heavy atom. The Balaban J connectivity index is 2.03. The molecule has 6 nitrogen and oxygen atoms in total. The van der Waals surface area contributed by atoms with E-state index < -0.39 is 23.2 Å². The molecule has 0 aliphatic heterocycles. The zero-order valence-electron chi connectivity index (χ0n) is 20.2. The number of hydrogen-bond donors (Lipinski definition) is 2. The summed E-state index contributed by atoms with van der Waals surface area (Å²) >= 11 is 0. The Morgan fingerprint density at radius 1 is 1.00 bits per heavy atom. The number of benzene rings is 2. The lowest BCUT2D eigenvalue weighted by molar-refractivity contribution is -0.124. The second-order valence-corrected chi connectivity index (χ2v) is 9.92. The zero-order valence-corrected chi connectivity index (χ0v) is 20.2. The number of aromatic carboxylic acids is 1. The number of nitrogens with zero attached hydrogens (tertiary/aromatic N) is 2. The fraction of sp³-hybridized carbons (Fsp3) is 0.250. The molecule has 0 bridgehead atoms. The molecule has 0 saturated carbocycles. The summed E-state index contributed by atoms with van der Waals surface area (Å²) in [5.41, 5.74) is 7.68. The summed E-state index contributed by atoms with van der Waals surface area (Å²) in [4.78, 5) is 29.2. The molecule has 7 heteroatoms. The van der Waals surface area contributed by atoms with Crippen LogP contribution in [0.5, 0.6) is 0 Å². The van der Waals surface area contributed by atoms with E-state index >= 15 is 0 Å². The van der Waals surface area contributed by atoms with Crippen molar-refractivity contribution in [1.29, 1.82) is 0 Å². The van der Waals surface area contributed by atoms with Gasteiger partial charge in [-0.3, -0.25) is 4.79 Å². The Labute approximate surface area is 203 Å². The molecule has 1 atom stereocenters. The first-order valence-corrected chi connectivity index (χ1v) is 11.3. The van der Waals surface area contributed by atoms with Crippen LogP contribution in [0, 0.1) is 12.7 Å². The largest absolute Gasteiger partial charge is 0.476 e. The highest BCUT2D eigenvalue weighted by Gasteiger charge is 2.42. The minimum Gasteiger partial charge on any atom is -0.476 e. The van der Waals surface area contributed by atoms with Crippen LogP contribution in [0.3, 0.4) is 0 Å². The third-order valence-electron chi connectivity index (χ3n) is 6.51. The fourth-order valence-corrected chi connectivity index (χ4v) is 4.51. The maximum Gasteiger partial charge on any atom is 0.356 e. The van der Waals surface area contributed by atoms with E-state index in [4.69, 9.17) is 5.73 Å². The van der Waals surface area contributed by atoms with Crippen LogP contribution >= 0.6 is 0 Å². The number of carboxylic acids is 1. The van der Waals surface area contributed by atoms with Crippen molar-refractivity contribution in [3.63, 3.8) is 0 Å². The summed E-state index contributed by atoms with van der Waals surface area (Å²) in [7, 11) is 0. The lowest BCUT2D eigenvalue weighted by Gasteiger charge is -2.34. The maximum absolute atomic E-state index is 14.7. The number of halogens is 1. The quantitative estimate of drug-likeness (QED) is 0.414. The number of aromatic nitrogens is 2. The standard InChI is InChI=1S/C28H28FN3O3/c1-17-5-9-20(10-6-17)28(26(30)35,15-18-7-11-19(12-8-18)27(2,3)4)32-14-13-21-22(29)16-31-23(24(21)32)25(33)34/h5-14,16H,15H2,1-4H3,(H2,30,35)(H,33,34). The Morgan fingerprint density at radius 2 is 1.60 bits per heavy atom. The van der Waals surface area contributed by atoms with E-state index in [1.54, 1.807) is 12.1 Å². The van der Waals surface area contributed by atoms with Crippen molar-refractivity contribution in [1.82, 2.24) is 9.55 Å². The van der Waals surface area contributed by atoms with Gasteiger partial charge in [0, 0.05) is 18.0 Å². The summed E-state index contributed by atoms with van der Waals surface area (Å²) < 4.78 is 16.2. The number of rotatable bonds is 6. The molecule has 0 spiro atoms. The van der Waals surface area contributed by atoms with Gasteiger partial charge in [-0.2, -0.15) is 0 Å². The Kier molecular flexibility index (Phi) is 5.97. The van der Waals surface area contributed by atoms with Crippen LogP contribution < -0.4 is 5.73 Å². The number of nitrogens with two attached hydrogens (primary N) is 1. The monoisotopic (exact) mass is 473 g/mol. The van der Waals surface area contributed by atoms with Gasteiger partial charge in [-0.1, -0.05) is 74.9 Å². The fourth-order valence-electron chi connectivity index (χ4n) is 4.51. The van der Waals surface area contributed by atoms with Gasteiger partial charge in [0.15, 0.2) is 17.1 Å². The van der Waals surface area contributed by atoms with Crippen LogP contribution in [-0.2, 0) is 22.2 Å². The number of fused-ring (bicyclic) bond motifs is 1. The lowest BCUT2D eigenvalue weighted by Crippen LogP contribution is -2.49. The molecular weight excluding hydrogens is 445 g/mol. The topological polar surface area (TPSA) is 98.2 Å². The zero-order chi connectivity index (χ0) is 25.5. The van der Waals surface area contributed by atoms with E-state index in [9.17, 15) is 19.1 Å². The smallest absolute Gasteiger partial charge is 0.356 e. The van der Waals surface area contributed by atoms with Gasteiger partial charge >= 0.3 is 5.97 Å². The summed E-state index contributed by atoms with van der Waals surface area (Å²) in [5, 5.41) is 9.86. The highest BCUT2D eigenvalue weighted by molar-refractivity contribution is 6.02. The molecule has 0 aliphatic rings. The van der Waals surface area contributed by atoms with Gasteiger partial charge in [0.1, 0.15) is 0 Å². The first-order chi connectivity index (χ1) is 16.4. The van der Waals surface area contributed by atoms with Crippen LogP contribution in [0.2, 0.25) is 0 Å². The molecule has 180 valence electrons. The van der Waals surface area contributed by atoms with E-state index in [0.29, 0.717) is 5.56 Å². The Hall–Kier alpha value is -4.00. The molecule has 4 aromatic rings. The molecule has 4 rings (SSSR count). The summed E-state index contributed by atoms with van der Waals surface area (Å²) in [6.07, 6.45) is 2.52. The SMILES string of the molecule is Cc1ccc(C(Cc2ccc(C(C)(C)C)cc2)(C(N)=O)n2ccc3c(F)cnc(C(=O)O)c32)cc1. The molecule has 0 radical (unpaired) electrons. The van der Waals surface area contributed by atoms with Gasteiger partial charge in [0.05, 0.1) is 11.7 Å². The van der Waals surface area contributed by atoms with Crippen LogP contribution in [-0.4, -0.2) is 26.5 Å². The number of carbonyl (C=O) groups is 2. The molecule has 2 aromatic carbocycles. The number of hydrogen-bond acceptors (Lipinski definition) is 3. The Bertz CT molecular complexity index is 1420. The highest BCUT2D eigenvalue weighted by atomic mass is 19.1. The van der Waals surface area contributed by atoms with Crippen molar-refractivity contribution in [3.05, 3.63) is 101 Å². The van der Waals surface area contributed by atoms with E-state index in [1.807, 2.05) is 43.3 Å². The molecule has 3 N–H and O–H groups in total. The van der Waals surface area contributed by atoms with Gasteiger partial charge in [-0.05, 0) is 35.1 Å². The van der Waals surface area contributed by atoms with Crippen molar-refractivity contribution in [2.24, 2.45) is 5.73 Å². The van der Waals surface area contributed by atoms with Crippen LogP contribution in [0.15, 0.2) is 67.0 Å². The van der Waals surface area contributed by atoms with Crippen molar-refractivity contribution in [2.45, 2.75) is 45.1 Å². The molecule has 0 aliphatic carbocycles. The van der Waals surface area contributed by atoms with Gasteiger partial charge < -0.3 is 15.4 Å². The maximum atomic E-state index is 14.7. The average molecular weight is 474 g/mol. The predicted octanol–water partition coefficient (Wildman–Crippen LogP) is 4.95. The van der Waals surface area contributed by atoms with E-state index in [-0.39, 0.29) is 28.4 Å². The lowest BCUT2D eigenvalue weighted by atomic mass is 9.80. The molecule has 2 heterocycles. The molecule has 0 fully saturated rings. The van der Waals surface area contributed by atoms with Crippen molar-refractivity contribution in [2.75, 3.05) is 0 Å². The normalized spacial score (nSPS) is 13.5. The number of carbonyl (C=O) groups excluding carboxylic acids is 1. The summed E-state index contributed by atoms with van der Waals surface area (Å²) in [5.74, 6) is -2.70. The third kappa shape index (κ3) is 4.18. The molecular formula is C28H28FN3O3. The van der Waals surface area contributed by atoms with Crippen LogP contribution in [0.1, 0.15) is 53.5 Å². The van der Waals surface area contributed by atoms with Crippen molar-refractivity contribution in [3.8, 4) is 0 Å². The minimum atomic E-state index is -1.53.